The van der Waals surface area contributed by atoms with Crippen LogP contribution in [0.3, 0.4) is 0 Å². The standard InChI is InChI=1S/C16H20BrNO2/c1-12(2)5-4-6-13(3)8-10-20-16(19)15-11-14(17)7-9-18-15/h5,7-9,11H,4,6,10H2,1-3H3/b13-8+. The molecule has 0 aromatic carbocycles. The van der Waals surface area contributed by atoms with Gasteiger partial charge in [-0.3, -0.25) is 0 Å². The minimum atomic E-state index is -0.403. The summed E-state index contributed by atoms with van der Waals surface area (Å²) in [6.45, 7) is 6.51. The van der Waals surface area contributed by atoms with E-state index in [1.54, 1.807) is 18.3 Å². The van der Waals surface area contributed by atoms with Crippen LogP contribution in [0.4, 0.5) is 0 Å². The molecule has 0 atom stereocenters. The molecule has 4 heteroatoms. The molecule has 0 bridgehead atoms. The molecule has 0 spiro atoms. The normalized spacial score (nSPS) is 11.1. The summed E-state index contributed by atoms with van der Waals surface area (Å²) in [5.74, 6) is -0.403. The molecule has 0 saturated heterocycles. The summed E-state index contributed by atoms with van der Waals surface area (Å²) in [5.41, 5.74) is 2.86. The van der Waals surface area contributed by atoms with Crippen molar-refractivity contribution in [3.05, 3.63) is 51.8 Å². The summed E-state index contributed by atoms with van der Waals surface area (Å²) >= 11 is 3.30. The summed E-state index contributed by atoms with van der Waals surface area (Å²) < 4.78 is 5.98. The van der Waals surface area contributed by atoms with Crippen LogP contribution in [-0.2, 0) is 4.74 Å². The molecular weight excluding hydrogens is 318 g/mol. The number of allylic oxidation sites excluding steroid dienone is 3. The first-order valence-electron chi connectivity index (χ1n) is 6.56. The van der Waals surface area contributed by atoms with E-state index < -0.39 is 5.97 Å². The molecule has 0 unspecified atom stereocenters. The van der Waals surface area contributed by atoms with Crippen LogP contribution in [0.1, 0.15) is 44.1 Å². The van der Waals surface area contributed by atoms with Gasteiger partial charge in [-0.25, -0.2) is 9.78 Å². The van der Waals surface area contributed by atoms with Crippen LogP contribution in [-0.4, -0.2) is 17.6 Å². The first-order chi connectivity index (χ1) is 9.49. The summed E-state index contributed by atoms with van der Waals surface area (Å²) in [5, 5.41) is 0. The molecule has 0 fully saturated rings. The highest BCUT2D eigenvalue weighted by molar-refractivity contribution is 9.10. The van der Waals surface area contributed by atoms with E-state index in [0.717, 1.165) is 17.3 Å². The van der Waals surface area contributed by atoms with Crippen LogP contribution in [0, 0.1) is 0 Å². The van der Waals surface area contributed by atoms with Crippen molar-refractivity contribution in [2.45, 2.75) is 33.6 Å². The number of carbonyl (C=O) groups excluding carboxylic acids is 1. The molecule has 1 aromatic rings. The second-order valence-corrected chi connectivity index (χ2v) is 5.74. The fraction of sp³-hybridized carbons (Fsp3) is 0.375. The van der Waals surface area contributed by atoms with E-state index in [-0.39, 0.29) is 6.61 Å². The highest BCUT2D eigenvalue weighted by atomic mass is 79.9. The Morgan fingerprint density at radius 1 is 1.35 bits per heavy atom. The zero-order valence-electron chi connectivity index (χ0n) is 12.1. The number of hydrogen-bond acceptors (Lipinski definition) is 3. The molecule has 0 N–H and O–H groups in total. The average molecular weight is 338 g/mol. The Hall–Kier alpha value is -1.42. The maximum atomic E-state index is 11.7. The number of rotatable bonds is 6. The smallest absolute Gasteiger partial charge is 0.357 e. The lowest BCUT2D eigenvalue weighted by atomic mass is 10.1. The fourth-order valence-corrected chi connectivity index (χ4v) is 1.88. The van der Waals surface area contributed by atoms with Crippen LogP contribution in [0.5, 0.6) is 0 Å². The Morgan fingerprint density at radius 3 is 2.75 bits per heavy atom. The van der Waals surface area contributed by atoms with Gasteiger partial charge in [-0.05, 0) is 51.8 Å². The Bertz CT molecular complexity index is 517. The molecule has 0 aliphatic carbocycles. The van der Waals surface area contributed by atoms with Gasteiger partial charge >= 0.3 is 5.97 Å². The summed E-state index contributed by atoms with van der Waals surface area (Å²) in [7, 11) is 0. The lowest BCUT2D eigenvalue weighted by Gasteiger charge is -2.03. The van der Waals surface area contributed by atoms with Gasteiger partial charge in [-0.2, -0.15) is 0 Å². The minimum absolute atomic E-state index is 0.285. The second kappa shape index (κ2) is 8.69. The van der Waals surface area contributed by atoms with Crippen LogP contribution in [0.2, 0.25) is 0 Å². The Morgan fingerprint density at radius 2 is 2.10 bits per heavy atom. The molecule has 0 aliphatic rings. The first-order valence-corrected chi connectivity index (χ1v) is 7.36. The van der Waals surface area contributed by atoms with Gasteiger partial charge in [0, 0.05) is 10.7 Å². The van der Waals surface area contributed by atoms with E-state index in [4.69, 9.17) is 4.74 Å². The zero-order valence-corrected chi connectivity index (χ0v) is 13.7. The van der Waals surface area contributed by atoms with Crippen LogP contribution < -0.4 is 0 Å². The van der Waals surface area contributed by atoms with Gasteiger partial charge in [0.15, 0.2) is 0 Å². The van der Waals surface area contributed by atoms with Crippen molar-refractivity contribution < 1.29 is 9.53 Å². The summed E-state index contributed by atoms with van der Waals surface area (Å²) in [4.78, 5) is 15.7. The van der Waals surface area contributed by atoms with E-state index in [1.165, 1.54) is 11.1 Å². The monoisotopic (exact) mass is 337 g/mol. The number of hydrogen-bond donors (Lipinski definition) is 0. The fourth-order valence-electron chi connectivity index (χ4n) is 1.54. The van der Waals surface area contributed by atoms with Gasteiger partial charge < -0.3 is 4.74 Å². The van der Waals surface area contributed by atoms with Gasteiger partial charge in [0.1, 0.15) is 12.3 Å². The number of esters is 1. The molecule has 0 radical (unpaired) electrons. The van der Waals surface area contributed by atoms with Crippen molar-refractivity contribution in [2.75, 3.05) is 6.61 Å². The van der Waals surface area contributed by atoms with Gasteiger partial charge in [0.2, 0.25) is 0 Å². The molecule has 3 nitrogen and oxygen atoms in total. The number of pyridine rings is 1. The zero-order chi connectivity index (χ0) is 15.0. The maximum absolute atomic E-state index is 11.7. The average Bonchev–Trinajstić information content (AvgIpc) is 2.38. The Kier molecular flexibility index (Phi) is 7.23. The third-order valence-electron chi connectivity index (χ3n) is 2.67. The van der Waals surface area contributed by atoms with Gasteiger partial charge in [-0.1, -0.05) is 33.2 Å². The molecule has 1 rings (SSSR count). The predicted octanol–water partition coefficient (Wildman–Crippen LogP) is 4.69. The molecule has 20 heavy (non-hydrogen) atoms. The third kappa shape index (κ3) is 6.66. The third-order valence-corrected chi connectivity index (χ3v) is 3.16. The highest BCUT2D eigenvalue weighted by Gasteiger charge is 2.07. The lowest BCUT2D eigenvalue weighted by Crippen LogP contribution is -2.07. The number of aromatic nitrogens is 1. The van der Waals surface area contributed by atoms with Crippen molar-refractivity contribution in [3.63, 3.8) is 0 Å². The van der Waals surface area contributed by atoms with Crippen molar-refractivity contribution in [1.82, 2.24) is 4.98 Å². The largest absolute Gasteiger partial charge is 0.457 e. The van der Waals surface area contributed by atoms with Crippen LogP contribution in [0.15, 0.2) is 46.1 Å². The summed E-state index contributed by atoms with van der Waals surface area (Å²) in [6, 6.07) is 3.41. The van der Waals surface area contributed by atoms with Crippen molar-refractivity contribution in [2.24, 2.45) is 0 Å². The maximum Gasteiger partial charge on any atom is 0.357 e. The van der Waals surface area contributed by atoms with E-state index in [0.29, 0.717) is 5.69 Å². The van der Waals surface area contributed by atoms with Crippen molar-refractivity contribution >= 4 is 21.9 Å². The SMILES string of the molecule is CC(C)=CCC/C(C)=C/COC(=O)c1cc(Br)ccn1. The highest BCUT2D eigenvalue weighted by Crippen LogP contribution is 2.10. The number of halogens is 1. The van der Waals surface area contributed by atoms with Gasteiger partial charge in [-0.15, -0.1) is 0 Å². The molecular formula is C16H20BrNO2. The van der Waals surface area contributed by atoms with Gasteiger partial charge in [0.05, 0.1) is 0 Å². The molecule has 1 aromatic heterocycles. The van der Waals surface area contributed by atoms with E-state index >= 15 is 0 Å². The number of carbonyl (C=O) groups is 1. The molecule has 0 saturated carbocycles. The van der Waals surface area contributed by atoms with Crippen LogP contribution in [0.25, 0.3) is 0 Å². The van der Waals surface area contributed by atoms with Crippen molar-refractivity contribution in [3.8, 4) is 0 Å². The molecule has 1 heterocycles. The van der Waals surface area contributed by atoms with Crippen LogP contribution >= 0.6 is 15.9 Å². The number of nitrogens with zero attached hydrogens (tertiary/aromatic N) is 1. The van der Waals surface area contributed by atoms with Crippen molar-refractivity contribution in [1.29, 1.82) is 0 Å². The quantitative estimate of drug-likeness (QED) is 0.558. The van der Waals surface area contributed by atoms with E-state index in [1.807, 2.05) is 13.0 Å². The lowest BCUT2D eigenvalue weighted by molar-refractivity contribution is 0.0542. The number of ether oxygens (including phenoxy) is 1. The molecule has 0 aliphatic heterocycles. The molecule has 0 amide bonds. The first kappa shape index (κ1) is 16.6. The second-order valence-electron chi connectivity index (χ2n) is 4.83. The Balaban J connectivity index is 2.39. The Labute approximate surface area is 128 Å². The van der Waals surface area contributed by atoms with E-state index in [2.05, 4.69) is 40.8 Å². The minimum Gasteiger partial charge on any atom is -0.457 e. The summed E-state index contributed by atoms with van der Waals surface area (Å²) in [6.07, 6.45) is 7.72. The van der Waals surface area contributed by atoms with E-state index in [9.17, 15) is 4.79 Å². The topological polar surface area (TPSA) is 39.2 Å². The molecule has 108 valence electrons. The van der Waals surface area contributed by atoms with Gasteiger partial charge in [0.25, 0.3) is 0 Å². The predicted molar refractivity (Wildman–Crippen MR) is 84.6 cm³/mol.